The van der Waals surface area contributed by atoms with Gasteiger partial charge in [0.15, 0.2) is 5.54 Å². The summed E-state index contributed by atoms with van der Waals surface area (Å²) in [7, 11) is 0. The van der Waals surface area contributed by atoms with Crippen molar-refractivity contribution in [2.45, 2.75) is 12.1 Å². The van der Waals surface area contributed by atoms with E-state index in [9.17, 15) is 10.0 Å². The topological polar surface area (TPSA) is 65.5 Å². The maximum Gasteiger partial charge on any atom is 0.282 e. The number of aromatic nitrogens is 1. The Kier molecular flexibility index (Phi) is 5.73. The molecule has 1 atom stereocenters. The predicted octanol–water partition coefficient (Wildman–Crippen LogP) is 2.79. The molecule has 0 radical (unpaired) electrons. The lowest BCUT2D eigenvalue weighted by Crippen LogP contribution is -2.53. The molecule has 1 unspecified atom stereocenters. The van der Waals surface area contributed by atoms with Gasteiger partial charge in [0.1, 0.15) is 0 Å². The fourth-order valence-corrected chi connectivity index (χ4v) is 2.51. The summed E-state index contributed by atoms with van der Waals surface area (Å²) in [4.78, 5) is 17.2. The van der Waals surface area contributed by atoms with E-state index in [0.717, 1.165) is 10.6 Å². The Morgan fingerprint density at radius 2 is 1.88 bits per heavy atom. The molecule has 0 aliphatic carbocycles. The highest BCUT2D eigenvalue weighted by molar-refractivity contribution is 5.89. The van der Waals surface area contributed by atoms with E-state index in [4.69, 9.17) is 0 Å². The predicted molar refractivity (Wildman–Crippen MR) is 93.4 cm³/mol. The second-order valence-corrected chi connectivity index (χ2v) is 5.23. The monoisotopic (exact) mass is 343 g/mol. The molecule has 2 aromatic rings. The second-order valence-electron chi connectivity index (χ2n) is 5.23. The van der Waals surface area contributed by atoms with E-state index in [0.29, 0.717) is 5.69 Å². The van der Waals surface area contributed by atoms with Crippen molar-refractivity contribution in [2.24, 2.45) is 0 Å². The van der Waals surface area contributed by atoms with Crippen LogP contribution < -0.4 is 5.32 Å². The molecular formula is C18H18ClN3O2. The van der Waals surface area contributed by atoms with Crippen LogP contribution >= 0.6 is 12.4 Å². The Morgan fingerprint density at radius 1 is 1.12 bits per heavy atom. The van der Waals surface area contributed by atoms with Gasteiger partial charge in [0.05, 0.1) is 12.2 Å². The quantitative estimate of drug-likeness (QED) is 0.662. The van der Waals surface area contributed by atoms with E-state index in [2.05, 4.69) is 10.3 Å². The van der Waals surface area contributed by atoms with E-state index in [1.54, 1.807) is 42.8 Å². The Bertz CT molecular complexity index is 734. The summed E-state index contributed by atoms with van der Waals surface area (Å²) in [6.45, 7) is 0.105. The first-order chi connectivity index (χ1) is 11.2. The van der Waals surface area contributed by atoms with E-state index in [1.807, 2.05) is 36.4 Å². The molecule has 1 aromatic heterocycles. The number of nitrogens with zero attached hydrogens (tertiary/aromatic N) is 2. The van der Waals surface area contributed by atoms with Crippen molar-refractivity contribution in [1.82, 2.24) is 15.4 Å². The van der Waals surface area contributed by atoms with Crippen molar-refractivity contribution in [3.8, 4) is 0 Å². The zero-order valence-electron chi connectivity index (χ0n) is 12.9. The highest BCUT2D eigenvalue weighted by Crippen LogP contribution is 2.26. The Balaban J connectivity index is 0.00000208. The van der Waals surface area contributed by atoms with Crippen molar-refractivity contribution in [1.29, 1.82) is 0 Å². The number of carbonyl (C=O) groups is 1. The first kappa shape index (κ1) is 17.7. The number of carbonyl (C=O) groups excluding carboxylic acids is 1. The normalized spacial score (nSPS) is 18.4. The Labute approximate surface area is 146 Å². The minimum Gasteiger partial charge on any atom is -0.369 e. The van der Waals surface area contributed by atoms with Gasteiger partial charge < -0.3 is 5.32 Å². The first-order valence-corrected chi connectivity index (χ1v) is 7.31. The number of amides is 1. The number of hydrogen-bond acceptors (Lipinski definition) is 4. The molecule has 0 fully saturated rings. The van der Waals surface area contributed by atoms with Crippen molar-refractivity contribution >= 4 is 18.3 Å². The Morgan fingerprint density at radius 3 is 2.50 bits per heavy atom. The lowest BCUT2D eigenvalue weighted by molar-refractivity contribution is -0.174. The minimum absolute atomic E-state index is 0. The summed E-state index contributed by atoms with van der Waals surface area (Å²) < 4.78 is 0. The van der Waals surface area contributed by atoms with E-state index >= 15 is 0 Å². The number of pyridine rings is 1. The lowest BCUT2D eigenvalue weighted by Gasteiger charge is -2.33. The van der Waals surface area contributed by atoms with Crippen LogP contribution in [0.1, 0.15) is 11.3 Å². The van der Waals surface area contributed by atoms with Gasteiger partial charge in [-0.25, -0.2) is 5.06 Å². The van der Waals surface area contributed by atoms with Gasteiger partial charge in [-0.05, 0) is 36.0 Å². The first-order valence-electron chi connectivity index (χ1n) is 7.31. The Hall–Kier alpha value is -2.63. The van der Waals surface area contributed by atoms with Crippen molar-refractivity contribution < 1.29 is 10.0 Å². The zero-order valence-corrected chi connectivity index (χ0v) is 13.7. The smallest absolute Gasteiger partial charge is 0.282 e. The summed E-state index contributed by atoms with van der Waals surface area (Å²) in [5.74, 6) is -0.486. The number of halogens is 1. The third-order valence-corrected chi connectivity index (χ3v) is 3.68. The van der Waals surface area contributed by atoms with Gasteiger partial charge in [-0.1, -0.05) is 42.5 Å². The molecule has 0 bridgehead atoms. The van der Waals surface area contributed by atoms with Crippen LogP contribution in [-0.2, 0) is 16.9 Å². The lowest BCUT2D eigenvalue weighted by atomic mass is 9.91. The molecule has 1 amide bonds. The van der Waals surface area contributed by atoms with Crippen molar-refractivity contribution in [3.05, 3.63) is 90.4 Å². The maximum atomic E-state index is 12.9. The number of hydrogen-bond donors (Lipinski definition) is 2. The molecule has 3 rings (SSSR count). The number of nitrogens with one attached hydrogen (secondary N) is 1. The van der Waals surface area contributed by atoms with Gasteiger partial charge in [-0.15, -0.1) is 12.4 Å². The van der Waals surface area contributed by atoms with Gasteiger partial charge in [0, 0.05) is 6.20 Å². The highest BCUT2D eigenvalue weighted by atomic mass is 35.5. The van der Waals surface area contributed by atoms with E-state index in [-0.39, 0.29) is 19.0 Å². The number of rotatable bonds is 4. The molecule has 24 heavy (non-hydrogen) atoms. The SMILES string of the molecule is Cl.O=C(N(O)Cc1ccccc1)C1(c2ccccn2)C=CC=CN1. The molecule has 0 saturated carbocycles. The number of dihydropyridines is 1. The third-order valence-electron chi connectivity index (χ3n) is 3.68. The van der Waals surface area contributed by atoms with Crippen LogP contribution in [0.2, 0.25) is 0 Å². The van der Waals surface area contributed by atoms with Gasteiger partial charge in [0.2, 0.25) is 0 Å². The molecular weight excluding hydrogens is 326 g/mol. The van der Waals surface area contributed by atoms with Crippen LogP contribution in [0.3, 0.4) is 0 Å². The average Bonchev–Trinajstić information content (AvgIpc) is 2.63. The molecule has 5 nitrogen and oxygen atoms in total. The van der Waals surface area contributed by atoms with Crippen molar-refractivity contribution in [2.75, 3.05) is 0 Å². The molecule has 1 aliphatic rings. The fourth-order valence-electron chi connectivity index (χ4n) is 2.51. The average molecular weight is 344 g/mol. The van der Waals surface area contributed by atoms with E-state index in [1.165, 1.54) is 0 Å². The molecule has 1 aliphatic heterocycles. The van der Waals surface area contributed by atoms with Gasteiger partial charge >= 0.3 is 0 Å². The summed E-state index contributed by atoms with van der Waals surface area (Å²) >= 11 is 0. The van der Waals surface area contributed by atoms with Crippen LogP contribution in [0.25, 0.3) is 0 Å². The molecule has 6 heteroatoms. The third kappa shape index (κ3) is 3.48. The number of hydroxylamine groups is 2. The van der Waals surface area contributed by atoms with Crippen molar-refractivity contribution in [3.63, 3.8) is 0 Å². The molecule has 0 saturated heterocycles. The van der Waals surface area contributed by atoms with Crippen LogP contribution in [0.15, 0.2) is 79.2 Å². The van der Waals surface area contributed by atoms with Crippen LogP contribution in [0.5, 0.6) is 0 Å². The summed E-state index contributed by atoms with van der Waals surface area (Å²) in [6, 6.07) is 14.7. The van der Waals surface area contributed by atoms with Crippen LogP contribution in [0.4, 0.5) is 0 Å². The van der Waals surface area contributed by atoms with E-state index < -0.39 is 11.4 Å². The van der Waals surface area contributed by atoms with Gasteiger partial charge in [-0.2, -0.15) is 0 Å². The van der Waals surface area contributed by atoms with Gasteiger partial charge in [-0.3, -0.25) is 15.0 Å². The number of allylic oxidation sites excluding steroid dienone is 2. The molecule has 0 spiro atoms. The number of benzene rings is 1. The van der Waals surface area contributed by atoms with Crippen LogP contribution in [-0.4, -0.2) is 21.2 Å². The zero-order chi connectivity index (χ0) is 16.1. The standard InChI is InChI=1S/C18H17N3O2.ClH/c22-17(21(23)14-15-8-2-1-3-9-15)18(11-5-7-13-20-18)16-10-4-6-12-19-16;/h1-13,20,23H,14H2;1H. The maximum absolute atomic E-state index is 12.9. The largest absolute Gasteiger partial charge is 0.369 e. The summed E-state index contributed by atoms with van der Waals surface area (Å²) in [5.41, 5.74) is 0.159. The summed E-state index contributed by atoms with van der Waals surface area (Å²) in [6.07, 6.45) is 8.54. The molecule has 1 aromatic carbocycles. The molecule has 2 heterocycles. The molecule has 2 N–H and O–H groups in total. The highest BCUT2D eigenvalue weighted by Gasteiger charge is 2.42. The summed E-state index contributed by atoms with van der Waals surface area (Å²) in [5, 5.41) is 14.1. The minimum atomic E-state index is -1.21. The second kappa shape index (κ2) is 7.77. The molecule has 124 valence electrons. The van der Waals surface area contributed by atoms with Crippen LogP contribution in [0, 0.1) is 0 Å². The fraction of sp³-hybridized carbons (Fsp3) is 0.111. The van der Waals surface area contributed by atoms with Gasteiger partial charge in [0.25, 0.3) is 5.91 Å².